The summed E-state index contributed by atoms with van der Waals surface area (Å²) in [6, 6.07) is 9.76. The lowest BCUT2D eigenvalue weighted by Crippen LogP contribution is -2.39. The van der Waals surface area contributed by atoms with Crippen LogP contribution in [-0.2, 0) is 15.7 Å². The molecule has 0 aromatic heterocycles. The van der Waals surface area contributed by atoms with Gasteiger partial charge in [0, 0.05) is 0 Å². The molecule has 1 atom stereocenters. The zero-order valence-corrected chi connectivity index (χ0v) is 38.9. The first-order chi connectivity index (χ1) is 31.4. The molecule has 0 aliphatic rings. The van der Waals surface area contributed by atoms with Crippen LogP contribution in [0.5, 0.6) is 40.2 Å². The van der Waals surface area contributed by atoms with E-state index in [-0.39, 0.29) is 28.4 Å². The van der Waals surface area contributed by atoms with Gasteiger partial charge in [-0.3, -0.25) is 0 Å². The molecule has 65 heavy (non-hydrogen) atoms. The topological polar surface area (TPSA) is 146 Å². The number of rotatable bonds is 32. The molecule has 0 aliphatic heterocycles. The van der Waals surface area contributed by atoms with Crippen LogP contribution >= 0.6 is 0 Å². The first-order valence-electron chi connectivity index (χ1n) is 23.0. The minimum absolute atomic E-state index is 0.0232. The molecular weight excluding hydrogens is 852 g/mol. The van der Waals surface area contributed by atoms with E-state index in [0.29, 0.717) is 68.7 Å². The number of unbranched alkanes of at least 4 members (excludes halogenated alkanes) is 6. The molecule has 0 radical (unpaired) electrons. The van der Waals surface area contributed by atoms with Crippen LogP contribution < -0.4 is 38.5 Å². The largest absolute Gasteiger partial charge is 0.490 e. The van der Waals surface area contributed by atoms with E-state index in [9.17, 15) is 27.6 Å². The highest BCUT2D eigenvalue weighted by atomic mass is 19.4. The third kappa shape index (κ3) is 19.2. The van der Waals surface area contributed by atoms with E-state index >= 15 is 0 Å². The number of benzene rings is 3. The van der Waals surface area contributed by atoms with Gasteiger partial charge in [0.2, 0.25) is 11.5 Å². The highest BCUT2D eigenvalue weighted by molar-refractivity contribution is 5.92. The van der Waals surface area contributed by atoms with Gasteiger partial charge in [0.05, 0.1) is 62.9 Å². The molecule has 1 amide bonds. The monoisotopic (exact) mass is 919 g/mol. The third-order valence-electron chi connectivity index (χ3n) is 9.54. The van der Waals surface area contributed by atoms with Crippen molar-refractivity contribution in [3.63, 3.8) is 0 Å². The Kier molecular flexibility index (Phi) is 24.7. The van der Waals surface area contributed by atoms with Crippen LogP contribution in [0, 0.1) is 0 Å². The second kappa shape index (κ2) is 29.8. The van der Waals surface area contributed by atoms with Crippen LogP contribution in [0.15, 0.2) is 48.5 Å². The Morgan fingerprint density at radius 2 is 0.954 bits per heavy atom. The number of alkyl halides is 3. The van der Waals surface area contributed by atoms with Crippen LogP contribution in [-0.4, -0.2) is 76.9 Å². The number of amides is 1. The minimum Gasteiger partial charge on any atom is -0.490 e. The Morgan fingerprint density at radius 3 is 1.35 bits per heavy atom. The number of nitrogens with one attached hydrogen (secondary N) is 1. The predicted octanol–water partition coefficient (Wildman–Crippen LogP) is 11.9. The molecule has 0 saturated carbocycles. The number of esters is 2. The highest BCUT2D eigenvalue weighted by Crippen LogP contribution is 2.41. The number of hydrogen-bond acceptors (Lipinski definition) is 12. The molecule has 3 aromatic carbocycles. The molecule has 0 aliphatic carbocycles. The molecule has 0 bridgehead atoms. The fourth-order valence-corrected chi connectivity index (χ4v) is 5.73. The quantitative estimate of drug-likeness (QED) is 0.0470. The smallest absolute Gasteiger partial charge is 0.416 e. The maximum absolute atomic E-state index is 14.0. The highest BCUT2D eigenvalue weighted by Gasteiger charge is 2.31. The fourth-order valence-electron chi connectivity index (χ4n) is 5.73. The SMILES string of the molecule is CCCCOc1cc(C(=O)OCC(CNC(=O)Oc2cccc(C(F)(F)F)c2)OC(=O)c2cc(OCCCC)c(OCCCC)c(OCCCC)c2)cc(OCCCC)c1OCCCC. The molecule has 1 unspecified atom stereocenters. The van der Waals surface area contributed by atoms with Gasteiger partial charge in [0.15, 0.2) is 29.1 Å². The zero-order valence-electron chi connectivity index (χ0n) is 38.9. The van der Waals surface area contributed by atoms with Crippen molar-refractivity contribution in [2.24, 2.45) is 0 Å². The maximum atomic E-state index is 14.0. The molecule has 0 fully saturated rings. The van der Waals surface area contributed by atoms with Gasteiger partial charge in [-0.05, 0) is 81.0 Å². The molecule has 0 saturated heterocycles. The van der Waals surface area contributed by atoms with Gasteiger partial charge in [-0.15, -0.1) is 0 Å². The van der Waals surface area contributed by atoms with Crippen LogP contribution in [0.25, 0.3) is 0 Å². The van der Waals surface area contributed by atoms with Gasteiger partial charge in [-0.25, -0.2) is 14.4 Å². The average molecular weight is 920 g/mol. The summed E-state index contributed by atoms with van der Waals surface area (Å²) in [5, 5.41) is 2.41. The second-order valence-corrected chi connectivity index (χ2v) is 15.2. The summed E-state index contributed by atoms with van der Waals surface area (Å²) in [6.45, 7) is 13.3. The molecular formula is C49H68F3NO12. The second-order valence-electron chi connectivity index (χ2n) is 15.2. The van der Waals surface area contributed by atoms with E-state index < -0.39 is 49.0 Å². The lowest BCUT2D eigenvalue weighted by atomic mass is 10.1. The van der Waals surface area contributed by atoms with Crippen molar-refractivity contribution in [3.05, 3.63) is 65.2 Å². The van der Waals surface area contributed by atoms with E-state index in [4.69, 9.17) is 42.6 Å². The zero-order chi connectivity index (χ0) is 47.5. The molecule has 13 nitrogen and oxygen atoms in total. The molecule has 3 aromatic rings. The molecule has 1 N–H and O–H groups in total. The van der Waals surface area contributed by atoms with E-state index in [1.54, 1.807) is 0 Å². The van der Waals surface area contributed by atoms with Crippen molar-refractivity contribution >= 4 is 18.0 Å². The van der Waals surface area contributed by atoms with E-state index in [1.165, 1.54) is 30.3 Å². The third-order valence-corrected chi connectivity index (χ3v) is 9.54. The van der Waals surface area contributed by atoms with Gasteiger partial charge in [0.25, 0.3) is 0 Å². The van der Waals surface area contributed by atoms with E-state index in [1.807, 2.05) is 41.5 Å². The minimum atomic E-state index is -4.67. The van der Waals surface area contributed by atoms with Crippen molar-refractivity contribution in [1.29, 1.82) is 0 Å². The maximum Gasteiger partial charge on any atom is 0.416 e. The van der Waals surface area contributed by atoms with Gasteiger partial charge < -0.3 is 47.9 Å². The summed E-state index contributed by atoms with van der Waals surface area (Å²) >= 11 is 0. The van der Waals surface area contributed by atoms with Crippen molar-refractivity contribution in [2.75, 3.05) is 52.8 Å². The number of carbonyl (C=O) groups is 3. The van der Waals surface area contributed by atoms with Crippen molar-refractivity contribution in [1.82, 2.24) is 5.32 Å². The summed E-state index contributed by atoms with van der Waals surface area (Å²) in [4.78, 5) is 40.8. The lowest BCUT2D eigenvalue weighted by Gasteiger charge is -2.21. The molecule has 3 rings (SSSR count). The first-order valence-corrected chi connectivity index (χ1v) is 23.0. The summed E-state index contributed by atoms with van der Waals surface area (Å²) in [5.74, 6) is -0.214. The Bertz CT molecular complexity index is 1830. The Labute approximate surface area is 381 Å². The summed E-state index contributed by atoms with van der Waals surface area (Å²) < 4.78 is 93.5. The van der Waals surface area contributed by atoms with Crippen molar-refractivity contribution < 1.29 is 70.2 Å². The van der Waals surface area contributed by atoms with Crippen LogP contribution in [0.1, 0.15) is 145 Å². The van der Waals surface area contributed by atoms with Gasteiger partial charge >= 0.3 is 24.2 Å². The number of carbonyl (C=O) groups excluding carboxylic acids is 3. The van der Waals surface area contributed by atoms with Gasteiger partial charge in [-0.2, -0.15) is 13.2 Å². The Morgan fingerprint density at radius 1 is 0.554 bits per heavy atom. The van der Waals surface area contributed by atoms with Crippen LogP contribution in [0.2, 0.25) is 0 Å². The van der Waals surface area contributed by atoms with E-state index in [2.05, 4.69) is 5.32 Å². The lowest BCUT2D eigenvalue weighted by molar-refractivity contribution is -0.137. The summed E-state index contributed by atoms with van der Waals surface area (Å²) in [6.07, 6.45) is 2.59. The standard InChI is InChI=1S/C49H68F3NO12/c1-7-13-22-57-40-28-35(29-41(58-23-14-8-2)44(40)61-26-17-11-5)46(54)63-34-39(33-53-48(56)65-38-21-19-20-37(32-38)49(50,51)52)64-47(55)36-30-42(59-24-15-9-3)45(62-27-18-12-6)43(31-36)60-25-16-10-4/h19-21,28-32,39H,7-18,22-27,33-34H2,1-6H3,(H,53,56). The molecule has 0 spiro atoms. The first kappa shape index (κ1) is 53.8. The summed E-state index contributed by atoms with van der Waals surface area (Å²) in [5.41, 5.74) is -0.929. The van der Waals surface area contributed by atoms with Crippen LogP contribution in [0.3, 0.4) is 0 Å². The van der Waals surface area contributed by atoms with E-state index in [0.717, 1.165) is 89.2 Å². The predicted molar refractivity (Wildman–Crippen MR) is 240 cm³/mol. The average Bonchev–Trinajstić information content (AvgIpc) is 3.28. The molecule has 16 heteroatoms. The van der Waals surface area contributed by atoms with Gasteiger partial charge in [0.1, 0.15) is 12.4 Å². The molecule has 362 valence electrons. The van der Waals surface area contributed by atoms with Crippen molar-refractivity contribution in [2.45, 2.75) is 131 Å². The van der Waals surface area contributed by atoms with Crippen LogP contribution in [0.4, 0.5) is 18.0 Å². The Hall–Kier alpha value is -5.54. The normalized spacial score (nSPS) is 11.6. The fraction of sp³-hybridized carbons (Fsp3) is 0.571. The number of halogens is 3. The number of ether oxygens (including phenoxy) is 9. The van der Waals surface area contributed by atoms with Gasteiger partial charge in [-0.1, -0.05) is 86.1 Å². The molecule has 0 heterocycles. The summed E-state index contributed by atoms with van der Waals surface area (Å²) in [7, 11) is 0. The van der Waals surface area contributed by atoms with Crippen molar-refractivity contribution in [3.8, 4) is 40.2 Å². The Balaban J connectivity index is 1.99. The number of hydrogen-bond donors (Lipinski definition) is 1.